The Hall–Kier alpha value is -3.15. The zero-order chi connectivity index (χ0) is 26.1. The number of Topliss-reactive ketones (excluding diaryl/α,β-unsaturated/α-hetero) is 1. The number of benzene rings is 2. The first-order valence-corrected chi connectivity index (χ1v) is 11.7. The van der Waals surface area contributed by atoms with Crippen LogP contribution >= 0.6 is 0 Å². The van der Waals surface area contributed by atoms with Crippen molar-refractivity contribution in [1.82, 2.24) is 0 Å². The third-order valence-corrected chi connectivity index (χ3v) is 7.54. The van der Waals surface area contributed by atoms with E-state index in [1.165, 1.54) is 19.1 Å². The molecule has 5 rings (SSSR count). The third kappa shape index (κ3) is 3.56. The van der Waals surface area contributed by atoms with Gasteiger partial charge >= 0.3 is 0 Å². The van der Waals surface area contributed by atoms with Crippen molar-refractivity contribution in [1.29, 1.82) is 0 Å². The van der Waals surface area contributed by atoms with Gasteiger partial charge in [0.15, 0.2) is 23.6 Å². The molecule has 6 atom stereocenters. The number of phenolic OH excluding ortho intramolecular Hbond substituents is 2. The highest BCUT2D eigenvalue weighted by Crippen LogP contribution is 2.52. The summed E-state index contributed by atoms with van der Waals surface area (Å²) in [5.41, 5.74) is 3.24. The number of ether oxygens (including phenoxy) is 2. The minimum absolute atomic E-state index is 0.00588. The van der Waals surface area contributed by atoms with E-state index < -0.39 is 65.6 Å². The summed E-state index contributed by atoms with van der Waals surface area (Å²) in [5.74, 6) is -3.35. The van der Waals surface area contributed by atoms with E-state index in [0.29, 0.717) is 0 Å². The van der Waals surface area contributed by atoms with Gasteiger partial charge in [0.2, 0.25) is 0 Å². The van der Waals surface area contributed by atoms with Crippen LogP contribution in [0.2, 0.25) is 0 Å². The molecule has 2 aliphatic carbocycles. The first-order chi connectivity index (χ1) is 16.9. The molecule has 36 heavy (non-hydrogen) atoms. The average Bonchev–Trinajstić information content (AvgIpc) is 2.82. The number of carbonyl (C=O) groups is 3. The van der Waals surface area contributed by atoms with Crippen LogP contribution in [0.1, 0.15) is 75.8 Å². The Morgan fingerprint density at radius 2 is 1.69 bits per heavy atom. The van der Waals surface area contributed by atoms with Gasteiger partial charge in [-0.3, -0.25) is 14.4 Å². The Labute approximate surface area is 206 Å². The maximum absolute atomic E-state index is 13.3. The lowest BCUT2D eigenvalue weighted by Crippen LogP contribution is -2.51. The number of rotatable bonds is 3. The maximum atomic E-state index is 13.3. The van der Waals surface area contributed by atoms with Gasteiger partial charge in [-0.2, -0.15) is 0 Å². The molecule has 2 aromatic rings. The van der Waals surface area contributed by atoms with E-state index in [9.17, 15) is 34.8 Å². The number of aliphatic hydroxyl groups excluding tert-OH is 1. The van der Waals surface area contributed by atoms with Gasteiger partial charge in [-0.25, -0.2) is 0 Å². The van der Waals surface area contributed by atoms with Crippen LogP contribution in [0.25, 0.3) is 0 Å². The van der Waals surface area contributed by atoms with Crippen molar-refractivity contribution < 1.29 is 44.3 Å². The third-order valence-electron chi connectivity index (χ3n) is 7.54. The topological polar surface area (TPSA) is 177 Å². The lowest BCUT2D eigenvalue weighted by Gasteiger charge is -2.42. The Bertz CT molecular complexity index is 1290. The highest BCUT2D eigenvalue weighted by Gasteiger charge is 2.49. The maximum Gasteiger partial charge on any atom is 0.198 e. The molecule has 6 N–H and O–H groups in total. The molecule has 2 aromatic carbocycles. The number of aromatic hydroxyl groups is 2. The number of nitrogens with two attached hydrogens (primary N) is 1. The summed E-state index contributed by atoms with van der Waals surface area (Å²) in [4.78, 5) is 39.0. The molecule has 1 aliphatic heterocycles. The summed E-state index contributed by atoms with van der Waals surface area (Å²) in [7, 11) is 0. The fourth-order valence-corrected chi connectivity index (χ4v) is 5.42. The summed E-state index contributed by atoms with van der Waals surface area (Å²) >= 11 is 0. The quantitative estimate of drug-likeness (QED) is 0.331. The van der Waals surface area contributed by atoms with Crippen molar-refractivity contribution >= 4 is 17.3 Å². The largest absolute Gasteiger partial charge is 0.507 e. The highest BCUT2D eigenvalue weighted by molar-refractivity contribution is 6.30. The highest BCUT2D eigenvalue weighted by atomic mass is 16.7. The van der Waals surface area contributed by atoms with Gasteiger partial charge in [0.1, 0.15) is 23.3 Å². The van der Waals surface area contributed by atoms with Crippen LogP contribution in [-0.2, 0) is 20.7 Å². The van der Waals surface area contributed by atoms with Gasteiger partial charge < -0.3 is 35.6 Å². The summed E-state index contributed by atoms with van der Waals surface area (Å²) in [5, 5.41) is 43.8. The molecule has 1 saturated heterocycles. The lowest BCUT2D eigenvalue weighted by atomic mass is 9.72. The molecule has 1 heterocycles. The summed E-state index contributed by atoms with van der Waals surface area (Å²) in [6, 6.07) is 6.07. The van der Waals surface area contributed by atoms with Gasteiger partial charge in [0.05, 0.1) is 23.3 Å². The first-order valence-electron chi connectivity index (χ1n) is 11.7. The van der Waals surface area contributed by atoms with Crippen LogP contribution < -0.4 is 5.73 Å². The van der Waals surface area contributed by atoms with Crippen LogP contribution in [-0.4, -0.2) is 62.0 Å². The Kier molecular flexibility index (Phi) is 5.77. The lowest BCUT2D eigenvalue weighted by molar-refractivity contribution is -0.257. The van der Waals surface area contributed by atoms with Gasteiger partial charge in [0.25, 0.3) is 0 Å². The molecule has 190 valence electrons. The number of ketones is 3. The van der Waals surface area contributed by atoms with E-state index >= 15 is 0 Å². The smallest absolute Gasteiger partial charge is 0.198 e. The van der Waals surface area contributed by atoms with Crippen molar-refractivity contribution in [2.24, 2.45) is 11.7 Å². The number of hydrogen-bond donors (Lipinski definition) is 5. The van der Waals surface area contributed by atoms with Crippen LogP contribution in [0.3, 0.4) is 0 Å². The standard InChI is InChI=1S/C26H27NO9/c1-10-7-16(36-25(27)20(10)29)35-15-9-26(34,11(2)28)8-14-17(15)24(33)19-18(23(14)32)21(30)12-5-3-4-6-13(12)22(19)31/h3-6,10,15-16,20,25,29,32-34H,7-9,27H2,1-2H3/t10-,15+,16?,20-,25+,26+/m1/s1. The summed E-state index contributed by atoms with van der Waals surface area (Å²) < 4.78 is 11.6. The van der Waals surface area contributed by atoms with Crippen LogP contribution in [0.4, 0.5) is 0 Å². The van der Waals surface area contributed by atoms with E-state index in [1.54, 1.807) is 19.1 Å². The average molecular weight is 498 g/mol. The fourth-order valence-electron chi connectivity index (χ4n) is 5.42. The zero-order valence-electron chi connectivity index (χ0n) is 19.7. The minimum atomic E-state index is -1.97. The predicted molar refractivity (Wildman–Crippen MR) is 123 cm³/mol. The molecular formula is C26H27NO9. The van der Waals surface area contributed by atoms with E-state index in [1.807, 2.05) is 0 Å². The van der Waals surface area contributed by atoms with Crippen molar-refractivity contribution in [3.8, 4) is 11.5 Å². The van der Waals surface area contributed by atoms with E-state index in [2.05, 4.69) is 0 Å². The minimum Gasteiger partial charge on any atom is -0.507 e. The number of carbonyl (C=O) groups excluding carboxylic acids is 3. The number of phenols is 2. The fraction of sp³-hybridized carbons (Fsp3) is 0.423. The van der Waals surface area contributed by atoms with E-state index in [0.717, 1.165) is 0 Å². The summed E-state index contributed by atoms with van der Waals surface area (Å²) in [6.45, 7) is 2.94. The van der Waals surface area contributed by atoms with Crippen LogP contribution in [0.15, 0.2) is 24.3 Å². The molecule has 1 unspecified atom stereocenters. The van der Waals surface area contributed by atoms with Crippen LogP contribution in [0, 0.1) is 5.92 Å². The molecule has 0 aromatic heterocycles. The molecule has 0 bridgehead atoms. The van der Waals surface area contributed by atoms with Crippen molar-refractivity contribution in [2.75, 3.05) is 0 Å². The van der Waals surface area contributed by atoms with Crippen molar-refractivity contribution in [3.05, 3.63) is 57.6 Å². The van der Waals surface area contributed by atoms with Gasteiger partial charge in [-0.05, 0) is 12.8 Å². The SMILES string of the molecule is CC(=O)[C@]1(O)Cc2c(O)c3c(c(O)c2[C@@H](OC2C[C@@H](C)[C@@H](O)[C@@H](N)O2)C1)C(=O)c1ccccc1C3=O. The second-order valence-electron chi connectivity index (χ2n) is 9.87. The molecule has 0 radical (unpaired) electrons. The van der Waals surface area contributed by atoms with Gasteiger partial charge in [-0.15, -0.1) is 0 Å². The van der Waals surface area contributed by atoms with Crippen molar-refractivity contribution in [2.45, 2.75) is 63.4 Å². The zero-order valence-corrected chi connectivity index (χ0v) is 19.7. The number of fused-ring (bicyclic) bond motifs is 3. The van der Waals surface area contributed by atoms with Gasteiger partial charge in [-0.1, -0.05) is 31.2 Å². The van der Waals surface area contributed by atoms with E-state index in [4.69, 9.17) is 15.2 Å². The second kappa shape index (κ2) is 8.46. The normalized spacial score (nSPS) is 31.4. The van der Waals surface area contributed by atoms with E-state index in [-0.39, 0.29) is 52.1 Å². The monoisotopic (exact) mass is 497 g/mol. The molecule has 0 amide bonds. The molecule has 10 nitrogen and oxygen atoms in total. The number of hydrogen-bond acceptors (Lipinski definition) is 10. The molecule has 0 saturated carbocycles. The Balaban J connectivity index is 1.66. The van der Waals surface area contributed by atoms with Crippen LogP contribution in [0.5, 0.6) is 11.5 Å². The Morgan fingerprint density at radius 3 is 2.25 bits per heavy atom. The Morgan fingerprint density at radius 1 is 1.11 bits per heavy atom. The second-order valence-corrected chi connectivity index (χ2v) is 9.87. The number of aliphatic hydroxyl groups is 2. The molecule has 10 heteroatoms. The molecule has 3 aliphatic rings. The summed E-state index contributed by atoms with van der Waals surface area (Å²) in [6.07, 6.45) is -4.61. The predicted octanol–water partition coefficient (Wildman–Crippen LogP) is 1.23. The molecular weight excluding hydrogens is 470 g/mol. The van der Waals surface area contributed by atoms with Gasteiger partial charge in [0, 0.05) is 41.5 Å². The molecule has 0 spiro atoms. The first kappa shape index (κ1) is 24.5. The van der Waals surface area contributed by atoms with Crippen molar-refractivity contribution in [3.63, 3.8) is 0 Å². The molecule has 1 fully saturated rings.